The minimum atomic E-state index is -0.299. The fourth-order valence-corrected chi connectivity index (χ4v) is 2.12. The molecule has 4 heteroatoms. The molecule has 0 aliphatic heterocycles. The Bertz CT molecular complexity index is 222. The largest absolute Gasteiger partial charge is 0.393 e. The van der Waals surface area contributed by atoms with E-state index in [2.05, 4.69) is 5.32 Å². The lowest BCUT2D eigenvalue weighted by molar-refractivity contribution is -0.124. The second-order valence-electron chi connectivity index (χ2n) is 4.94. The number of aliphatic hydroxyl groups is 1. The van der Waals surface area contributed by atoms with Gasteiger partial charge in [-0.15, -0.1) is 0 Å². The molecule has 1 aliphatic rings. The average Bonchev–Trinajstić information content (AvgIpc) is 2.23. The highest BCUT2D eigenvalue weighted by molar-refractivity contribution is 5.76. The Morgan fingerprint density at radius 1 is 1.56 bits per heavy atom. The minimum absolute atomic E-state index is 0.0768. The maximum atomic E-state index is 11.6. The van der Waals surface area contributed by atoms with Gasteiger partial charge in [-0.3, -0.25) is 4.79 Å². The van der Waals surface area contributed by atoms with Gasteiger partial charge >= 0.3 is 0 Å². The number of hydrogen-bond donors (Lipinski definition) is 3. The summed E-state index contributed by atoms with van der Waals surface area (Å²) in [6.07, 6.45) is 4.97. The van der Waals surface area contributed by atoms with E-state index in [1.165, 1.54) is 6.42 Å². The Labute approximate surface area is 97.6 Å². The zero-order valence-corrected chi connectivity index (χ0v) is 10.2. The first kappa shape index (κ1) is 13.5. The van der Waals surface area contributed by atoms with Crippen molar-refractivity contribution >= 4 is 5.91 Å². The molecule has 0 aromatic carbocycles. The smallest absolute Gasteiger partial charge is 0.220 e. The lowest BCUT2D eigenvalue weighted by atomic mass is 9.66. The van der Waals surface area contributed by atoms with Crippen molar-refractivity contribution in [3.8, 4) is 0 Å². The first-order valence-corrected chi connectivity index (χ1v) is 6.27. The van der Waals surface area contributed by atoms with Crippen LogP contribution in [0.2, 0.25) is 0 Å². The van der Waals surface area contributed by atoms with E-state index in [9.17, 15) is 9.90 Å². The van der Waals surface area contributed by atoms with E-state index in [0.29, 0.717) is 25.9 Å². The van der Waals surface area contributed by atoms with E-state index < -0.39 is 0 Å². The summed E-state index contributed by atoms with van der Waals surface area (Å²) in [5.41, 5.74) is 5.77. The molecule has 16 heavy (non-hydrogen) atoms. The maximum Gasteiger partial charge on any atom is 0.220 e. The molecule has 0 saturated heterocycles. The van der Waals surface area contributed by atoms with Crippen LogP contribution in [-0.4, -0.2) is 30.2 Å². The molecule has 0 bridgehead atoms. The van der Waals surface area contributed by atoms with Crippen LogP contribution in [0.3, 0.4) is 0 Å². The van der Waals surface area contributed by atoms with Crippen LogP contribution in [0.1, 0.15) is 45.4 Å². The van der Waals surface area contributed by atoms with Crippen molar-refractivity contribution in [2.24, 2.45) is 11.1 Å². The predicted molar refractivity (Wildman–Crippen MR) is 63.9 cm³/mol. The normalized spacial score (nSPS) is 19.9. The summed E-state index contributed by atoms with van der Waals surface area (Å²) in [6.45, 7) is 3.11. The summed E-state index contributed by atoms with van der Waals surface area (Å²) in [7, 11) is 0. The molecule has 1 rings (SSSR count). The number of amides is 1. The maximum absolute atomic E-state index is 11.6. The lowest BCUT2D eigenvalue weighted by Crippen LogP contribution is -2.42. The highest BCUT2D eigenvalue weighted by Gasteiger charge is 2.37. The van der Waals surface area contributed by atoms with Crippen LogP contribution in [0.15, 0.2) is 0 Å². The number of carbonyl (C=O) groups excluding carboxylic acids is 1. The van der Waals surface area contributed by atoms with Gasteiger partial charge < -0.3 is 16.2 Å². The van der Waals surface area contributed by atoms with E-state index in [4.69, 9.17) is 5.73 Å². The molecular weight excluding hydrogens is 204 g/mol. The molecule has 1 amide bonds. The Kier molecular flexibility index (Phi) is 5.22. The summed E-state index contributed by atoms with van der Waals surface area (Å²) in [5, 5.41) is 12.2. The third-order valence-corrected chi connectivity index (χ3v) is 3.65. The molecule has 0 heterocycles. The van der Waals surface area contributed by atoms with Crippen molar-refractivity contribution < 1.29 is 9.90 Å². The second-order valence-corrected chi connectivity index (χ2v) is 4.94. The quantitative estimate of drug-likeness (QED) is 0.603. The number of aliphatic hydroxyl groups excluding tert-OH is 1. The van der Waals surface area contributed by atoms with Crippen LogP contribution < -0.4 is 11.1 Å². The number of rotatable bonds is 7. The van der Waals surface area contributed by atoms with Crippen LogP contribution in [0.5, 0.6) is 0 Å². The van der Waals surface area contributed by atoms with Gasteiger partial charge in [0.25, 0.3) is 0 Å². The summed E-state index contributed by atoms with van der Waals surface area (Å²) < 4.78 is 0. The summed E-state index contributed by atoms with van der Waals surface area (Å²) in [5.74, 6) is 0.0773. The van der Waals surface area contributed by atoms with Crippen LogP contribution in [-0.2, 0) is 4.79 Å². The van der Waals surface area contributed by atoms with Gasteiger partial charge in [-0.2, -0.15) is 0 Å². The van der Waals surface area contributed by atoms with Gasteiger partial charge in [-0.05, 0) is 37.6 Å². The lowest BCUT2D eigenvalue weighted by Gasteiger charge is -2.40. The molecule has 0 radical (unpaired) electrons. The number of hydrogen-bond acceptors (Lipinski definition) is 3. The molecule has 1 atom stereocenters. The Balaban J connectivity index is 2.15. The third kappa shape index (κ3) is 3.76. The number of nitrogens with one attached hydrogen (secondary N) is 1. The SMILES string of the molecule is CCC(O)CCNC(=O)CC1(CN)CCC1. The van der Waals surface area contributed by atoms with Crippen molar-refractivity contribution in [2.75, 3.05) is 13.1 Å². The third-order valence-electron chi connectivity index (χ3n) is 3.65. The zero-order valence-electron chi connectivity index (χ0n) is 10.2. The summed E-state index contributed by atoms with van der Waals surface area (Å²) in [6, 6.07) is 0. The van der Waals surface area contributed by atoms with Crippen molar-refractivity contribution in [1.82, 2.24) is 5.32 Å². The van der Waals surface area contributed by atoms with Gasteiger partial charge in [0, 0.05) is 13.0 Å². The standard InChI is InChI=1S/C12H24N2O2/c1-2-10(15)4-7-14-11(16)8-12(9-13)5-3-6-12/h10,15H,2-9,13H2,1H3,(H,14,16). The Morgan fingerprint density at radius 2 is 2.25 bits per heavy atom. The van der Waals surface area contributed by atoms with Crippen molar-refractivity contribution in [2.45, 2.75) is 51.6 Å². The number of nitrogens with two attached hydrogens (primary N) is 1. The fourth-order valence-electron chi connectivity index (χ4n) is 2.12. The van der Waals surface area contributed by atoms with E-state index >= 15 is 0 Å². The first-order chi connectivity index (χ1) is 7.62. The van der Waals surface area contributed by atoms with Crippen molar-refractivity contribution in [3.63, 3.8) is 0 Å². The second kappa shape index (κ2) is 6.21. The van der Waals surface area contributed by atoms with Crippen LogP contribution >= 0.6 is 0 Å². The molecular formula is C12H24N2O2. The van der Waals surface area contributed by atoms with Crippen LogP contribution in [0.25, 0.3) is 0 Å². The average molecular weight is 228 g/mol. The fraction of sp³-hybridized carbons (Fsp3) is 0.917. The highest BCUT2D eigenvalue weighted by atomic mass is 16.3. The van der Waals surface area contributed by atoms with Crippen LogP contribution in [0.4, 0.5) is 0 Å². The molecule has 0 aromatic heterocycles. The predicted octanol–water partition coefficient (Wildman–Crippen LogP) is 0.783. The molecule has 0 spiro atoms. The topological polar surface area (TPSA) is 75.3 Å². The van der Waals surface area contributed by atoms with E-state index in [1.54, 1.807) is 0 Å². The molecule has 1 unspecified atom stereocenters. The van der Waals surface area contributed by atoms with E-state index in [-0.39, 0.29) is 17.4 Å². The van der Waals surface area contributed by atoms with Gasteiger partial charge in [0.15, 0.2) is 0 Å². The molecule has 4 nitrogen and oxygen atoms in total. The first-order valence-electron chi connectivity index (χ1n) is 6.27. The van der Waals surface area contributed by atoms with Gasteiger partial charge in [0.1, 0.15) is 0 Å². The number of carbonyl (C=O) groups is 1. The van der Waals surface area contributed by atoms with Crippen LogP contribution in [0, 0.1) is 5.41 Å². The van der Waals surface area contributed by atoms with Crippen molar-refractivity contribution in [3.05, 3.63) is 0 Å². The molecule has 1 fully saturated rings. The minimum Gasteiger partial charge on any atom is -0.393 e. The van der Waals surface area contributed by atoms with Gasteiger partial charge in [0.05, 0.1) is 6.10 Å². The molecule has 1 saturated carbocycles. The molecule has 0 aromatic rings. The van der Waals surface area contributed by atoms with Gasteiger partial charge in [-0.25, -0.2) is 0 Å². The van der Waals surface area contributed by atoms with Gasteiger partial charge in [0.2, 0.25) is 5.91 Å². The van der Waals surface area contributed by atoms with Crippen molar-refractivity contribution in [1.29, 1.82) is 0 Å². The van der Waals surface area contributed by atoms with E-state index in [1.807, 2.05) is 6.92 Å². The summed E-state index contributed by atoms with van der Waals surface area (Å²) >= 11 is 0. The molecule has 94 valence electrons. The monoisotopic (exact) mass is 228 g/mol. The van der Waals surface area contributed by atoms with E-state index in [0.717, 1.165) is 19.3 Å². The molecule has 1 aliphatic carbocycles. The Hall–Kier alpha value is -0.610. The summed E-state index contributed by atoms with van der Waals surface area (Å²) in [4.78, 5) is 11.6. The Morgan fingerprint density at radius 3 is 2.69 bits per heavy atom. The zero-order chi connectivity index (χ0) is 12.0. The van der Waals surface area contributed by atoms with Gasteiger partial charge in [-0.1, -0.05) is 13.3 Å². The molecule has 4 N–H and O–H groups in total. The highest BCUT2D eigenvalue weighted by Crippen LogP contribution is 2.42.